The van der Waals surface area contributed by atoms with Gasteiger partial charge in [0.2, 0.25) is 0 Å². The summed E-state index contributed by atoms with van der Waals surface area (Å²) in [6.07, 6.45) is -3.17. The summed E-state index contributed by atoms with van der Waals surface area (Å²) in [5, 5.41) is 28.4. The van der Waals surface area contributed by atoms with E-state index in [1.165, 1.54) is 0 Å². The molecule has 3 aliphatic rings. The minimum Gasteiger partial charge on any atom is -0.456 e. The Morgan fingerprint density at radius 1 is 0.982 bits per heavy atom. The molecule has 0 unspecified atom stereocenters. The first-order valence-corrected chi connectivity index (χ1v) is 23.4. The maximum atomic E-state index is 15.0. The van der Waals surface area contributed by atoms with E-state index in [1.54, 1.807) is 31.2 Å². The number of ketones is 1. The molecule has 0 radical (unpaired) electrons. The summed E-state index contributed by atoms with van der Waals surface area (Å²) in [7, 11) is -2.71. The second-order valence-electron chi connectivity index (χ2n) is 19.2. The Hall–Kier alpha value is -3.15. The fourth-order valence-corrected chi connectivity index (χ4v) is 11.5. The van der Waals surface area contributed by atoms with E-state index >= 15 is 4.79 Å². The Morgan fingerprint density at radius 3 is 2.11 bits per heavy atom. The Labute approximate surface area is 336 Å². The van der Waals surface area contributed by atoms with Gasteiger partial charge in [-0.1, -0.05) is 111 Å². The molecule has 3 aliphatic carbocycles. The van der Waals surface area contributed by atoms with Crippen LogP contribution in [0.15, 0.2) is 71.8 Å². The standard InChI is InChI=1S/C46H67NO8Si/c1-14-53-33-25-27(2)45(11)35(28(33)3)30(5)46(52)26-34(29(4)36(44(46,9)10)38(48)40(45)49)54-42(51)39(55-56(12,13)43(6,7)8)37(31-21-17-15-18-22-31)47-41(50)32-23-19-16-20-24-32/h15-24,27-28,30,33-35,37-39,48,52H,14,25-26H2,1-13H3,(H,47,50)/t27-,28-,30-,33+,34-,35-,37-,38+,39+,45+,46+/m0/s1. The summed E-state index contributed by atoms with van der Waals surface area (Å²) >= 11 is 0. The highest BCUT2D eigenvalue weighted by molar-refractivity contribution is 6.74. The Bertz CT molecular complexity index is 1790. The van der Waals surface area contributed by atoms with E-state index in [9.17, 15) is 19.8 Å². The predicted molar refractivity (Wildman–Crippen MR) is 221 cm³/mol. The molecule has 10 heteroatoms. The van der Waals surface area contributed by atoms with Crippen molar-refractivity contribution in [1.82, 2.24) is 5.32 Å². The Morgan fingerprint density at radius 2 is 1.55 bits per heavy atom. The van der Waals surface area contributed by atoms with Crippen molar-refractivity contribution in [3.05, 3.63) is 82.9 Å². The van der Waals surface area contributed by atoms with Gasteiger partial charge in [0.05, 0.1) is 17.7 Å². The summed E-state index contributed by atoms with van der Waals surface area (Å²) in [6.45, 7) is 26.6. The lowest BCUT2D eigenvalue weighted by Crippen LogP contribution is -2.68. The number of hydrogen-bond donors (Lipinski definition) is 3. The molecule has 2 fully saturated rings. The van der Waals surface area contributed by atoms with Gasteiger partial charge in [-0.2, -0.15) is 0 Å². The van der Waals surface area contributed by atoms with Crippen LogP contribution >= 0.6 is 0 Å². The van der Waals surface area contributed by atoms with Gasteiger partial charge in [0.15, 0.2) is 20.2 Å². The highest BCUT2D eigenvalue weighted by atomic mass is 28.4. The maximum Gasteiger partial charge on any atom is 0.337 e. The second-order valence-corrected chi connectivity index (χ2v) is 23.9. The van der Waals surface area contributed by atoms with E-state index in [0.717, 1.165) is 0 Å². The second kappa shape index (κ2) is 15.9. The fraction of sp³-hybridized carbons (Fsp3) is 0.630. The number of ether oxygens (including phenoxy) is 2. The zero-order valence-corrected chi connectivity index (χ0v) is 36.9. The van der Waals surface area contributed by atoms with Gasteiger partial charge >= 0.3 is 5.97 Å². The maximum absolute atomic E-state index is 15.0. The smallest absolute Gasteiger partial charge is 0.337 e. The van der Waals surface area contributed by atoms with Crippen LogP contribution < -0.4 is 5.32 Å². The molecule has 2 bridgehead atoms. The van der Waals surface area contributed by atoms with Crippen molar-refractivity contribution >= 4 is 26.0 Å². The molecule has 9 nitrogen and oxygen atoms in total. The molecule has 2 saturated carbocycles. The highest BCUT2D eigenvalue weighted by Crippen LogP contribution is 2.63. The first kappa shape index (κ1) is 44.0. The number of Topliss-reactive ketones (excluding diaryl/α,β-unsaturated/α-hetero) is 1. The summed E-state index contributed by atoms with van der Waals surface area (Å²) in [4.78, 5) is 43.7. The number of benzene rings is 2. The van der Waals surface area contributed by atoms with Crippen LogP contribution in [0.5, 0.6) is 0 Å². The molecular formula is C46H67NO8Si. The van der Waals surface area contributed by atoms with E-state index in [4.69, 9.17) is 13.9 Å². The van der Waals surface area contributed by atoms with Gasteiger partial charge < -0.3 is 29.4 Å². The van der Waals surface area contributed by atoms with Gasteiger partial charge in [0.25, 0.3) is 5.91 Å². The summed E-state index contributed by atoms with van der Waals surface area (Å²) in [5.74, 6) is -2.34. The van der Waals surface area contributed by atoms with E-state index in [0.29, 0.717) is 35.3 Å². The zero-order valence-electron chi connectivity index (χ0n) is 35.9. The molecule has 5 rings (SSSR count). The van der Waals surface area contributed by atoms with E-state index in [1.807, 2.05) is 84.1 Å². The molecular weight excluding hydrogens is 723 g/mol. The minimum atomic E-state index is -2.71. The summed E-state index contributed by atoms with van der Waals surface area (Å²) in [6, 6.07) is 17.2. The van der Waals surface area contributed by atoms with Crippen LogP contribution in [0.3, 0.4) is 0 Å². The molecule has 0 spiro atoms. The fourth-order valence-electron chi connectivity index (χ4n) is 10.2. The molecule has 2 aromatic carbocycles. The molecule has 0 heterocycles. The number of nitrogens with one attached hydrogen (secondary N) is 1. The minimum absolute atomic E-state index is 0.0509. The van der Waals surface area contributed by atoms with Crippen LogP contribution in [0.4, 0.5) is 0 Å². The number of hydrogen-bond acceptors (Lipinski definition) is 8. The number of fused-ring (bicyclic) bond motifs is 3. The van der Waals surface area contributed by atoms with Crippen LogP contribution in [0.25, 0.3) is 0 Å². The van der Waals surface area contributed by atoms with Crippen molar-refractivity contribution in [2.75, 3.05) is 6.61 Å². The number of carbonyl (C=O) groups excluding carboxylic acids is 3. The molecule has 0 aliphatic heterocycles. The van der Waals surface area contributed by atoms with Crippen LogP contribution in [-0.4, -0.2) is 72.8 Å². The first-order valence-electron chi connectivity index (χ1n) is 20.5. The SMILES string of the molecule is CCO[C@@H]1C[C@H](C)[C@@]2(C)C(=O)[C@H](O)C3=C(C)[C@@H](OC(=O)[C@H](O[Si](C)(C)C(C)(C)C)[C@@H](NC(=O)c4ccccc4)c4ccccc4)C[C@@](O)([C@@H](C)[C@@H]2[C@H]1C)C3(C)C. The quantitative estimate of drug-likeness (QED) is 0.125. The molecule has 0 aromatic heterocycles. The molecule has 56 heavy (non-hydrogen) atoms. The number of esters is 1. The van der Waals surface area contributed by atoms with Crippen LogP contribution in [-0.2, 0) is 23.5 Å². The Kier molecular flexibility index (Phi) is 12.5. The number of rotatable bonds is 10. The van der Waals surface area contributed by atoms with Crippen LogP contribution in [0.1, 0.15) is 111 Å². The first-order chi connectivity index (χ1) is 26.0. The largest absolute Gasteiger partial charge is 0.456 e. The van der Waals surface area contributed by atoms with Crippen molar-refractivity contribution in [2.24, 2.45) is 34.5 Å². The average molecular weight is 790 g/mol. The third-order valence-corrected chi connectivity index (χ3v) is 19.3. The van der Waals surface area contributed by atoms with Gasteiger partial charge in [-0.15, -0.1) is 0 Å². The van der Waals surface area contributed by atoms with E-state index < -0.39 is 61.0 Å². The highest BCUT2D eigenvalue weighted by Gasteiger charge is 2.67. The summed E-state index contributed by atoms with van der Waals surface area (Å²) in [5.41, 5.74) is -1.45. The van der Waals surface area contributed by atoms with Gasteiger partial charge in [0, 0.05) is 29.4 Å². The number of amides is 1. The molecule has 3 N–H and O–H groups in total. The van der Waals surface area contributed by atoms with E-state index in [2.05, 4.69) is 39.9 Å². The third-order valence-electron chi connectivity index (χ3n) is 14.8. The average Bonchev–Trinajstić information content (AvgIpc) is 3.13. The number of carbonyl (C=O) groups is 3. The predicted octanol–water partition coefficient (Wildman–Crippen LogP) is 8.22. The van der Waals surface area contributed by atoms with Crippen molar-refractivity contribution in [3.8, 4) is 0 Å². The van der Waals surface area contributed by atoms with E-state index in [-0.39, 0.29) is 47.0 Å². The van der Waals surface area contributed by atoms with Crippen molar-refractivity contribution in [3.63, 3.8) is 0 Å². The lowest BCUT2D eigenvalue weighted by molar-refractivity contribution is -0.210. The molecule has 2 aromatic rings. The Balaban J connectivity index is 1.63. The summed E-state index contributed by atoms with van der Waals surface area (Å²) < 4.78 is 19.8. The lowest BCUT2D eigenvalue weighted by atomic mass is 9.43. The molecule has 11 atom stereocenters. The van der Waals surface area contributed by atoms with Crippen LogP contribution in [0, 0.1) is 34.5 Å². The molecule has 308 valence electrons. The number of aliphatic hydroxyl groups excluding tert-OH is 1. The van der Waals surface area contributed by atoms with Crippen molar-refractivity contribution in [2.45, 2.75) is 143 Å². The van der Waals surface area contributed by atoms with Gasteiger partial charge in [0.1, 0.15) is 12.2 Å². The lowest BCUT2D eigenvalue weighted by Gasteiger charge is -2.63. The third kappa shape index (κ3) is 7.49. The monoisotopic (exact) mass is 789 g/mol. The molecule has 0 saturated heterocycles. The van der Waals surface area contributed by atoms with Gasteiger partial charge in [-0.05, 0) is 90.9 Å². The normalized spacial score (nSPS) is 33.1. The van der Waals surface area contributed by atoms with Gasteiger partial charge in [-0.25, -0.2) is 4.79 Å². The van der Waals surface area contributed by atoms with Crippen molar-refractivity contribution < 1.29 is 38.5 Å². The van der Waals surface area contributed by atoms with Gasteiger partial charge in [-0.3, -0.25) is 9.59 Å². The molecule has 1 amide bonds. The topological polar surface area (TPSA) is 131 Å². The van der Waals surface area contributed by atoms with Crippen molar-refractivity contribution in [1.29, 1.82) is 0 Å². The zero-order chi connectivity index (χ0) is 41.8. The number of aliphatic hydroxyl groups is 2. The van der Waals surface area contributed by atoms with Crippen LogP contribution in [0.2, 0.25) is 18.1 Å².